The summed E-state index contributed by atoms with van der Waals surface area (Å²) in [5.41, 5.74) is 0. The fourth-order valence-corrected chi connectivity index (χ4v) is 1.75. The van der Waals surface area contributed by atoms with Crippen molar-refractivity contribution >= 4 is 17.3 Å². The molecule has 0 spiro atoms. The first-order valence-corrected chi connectivity index (χ1v) is 5.31. The maximum absolute atomic E-state index is 10.6. The topological polar surface area (TPSA) is 46.5 Å². The molecule has 0 radical (unpaired) electrons. The third kappa shape index (κ3) is 3.47. The molecular weight excluding hydrogens is 200 g/mol. The molecule has 78 valence electrons. The van der Waals surface area contributed by atoms with Crippen LogP contribution in [0.4, 0.5) is 0 Å². The van der Waals surface area contributed by atoms with Gasteiger partial charge in [-0.15, -0.1) is 11.3 Å². The SMILES string of the molecule is CC(C)COCc1ccc(C(=O)O)s1. The molecule has 1 aromatic rings. The van der Waals surface area contributed by atoms with Crippen LogP contribution in [0.15, 0.2) is 12.1 Å². The van der Waals surface area contributed by atoms with Gasteiger partial charge in [0.05, 0.1) is 6.61 Å². The number of carboxylic acid groups (broad SMARTS) is 1. The summed E-state index contributed by atoms with van der Waals surface area (Å²) < 4.78 is 5.39. The first kappa shape index (κ1) is 11.2. The summed E-state index contributed by atoms with van der Waals surface area (Å²) in [6.45, 7) is 5.38. The van der Waals surface area contributed by atoms with Gasteiger partial charge in [-0.05, 0) is 18.1 Å². The highest BCUT2D eigenvalue weighted by Gasteiger charge is 2.06. The minimum absolute atomic E-state index is 0.369. The molecule has 3 nitrogen and oxygen atoms in total. The van der Waals surface area contributed by atoms with Gasteiger partial charge in [-0.1, -0.05) is 13.8 Å². The summed E-state index contributed by atoms with van der Waals surface area (Å²) in [4.78, 5) is 11.9. The van der Waals surface area contributed by atoms with Crippen molar-refractivity contribution in [3.8, 4) is 0 Å². The van der Waals surface area contributed by atoms with Crippen LogP contribution < -0.4 is 0 Å². The van der Waals surface area contributed by atoms with Crippen LogP contribution in [0.1, 0.15) is 28.4 Å². The summed E-state index contributed by atoms with van der Waals surface area (Å²) >= 11 is 1.27. The normalized spacial score (nSPS) is 10.8. The minimum Gasteiger partial charge on any atom is -0.477 e. The summed E-state index contributed by atoms with van der Waals surface area (Å²) in [7, 11) is 0. The highest BCUT2D eigenvalue weighted by molar-refractivity contribution is 7.13. The Kier molecular flexibility index (Phi) is 4.10. The van der Waals surface area contributed by atoms with Gasteiger partial charge in [-0.2, -0.15) is 0 Å². The van der Waals surface area contributed by atoms with Gasteiger partial charge in [-0.25, -0.2) is 4.79 Å². The van der Waals surface area contributed by atoms with Crippen LogP contribution in [-0.2, 0) is 11.3 Å². The molecule has 0 saturated carbocycles. The number of aromatic carboxylic acids is 1. The highest BCUT2D eigenvalue weighted by atomic mass is 32.1. The summed E-state index contributed by atoms with van der Waals surface area (Å²) in [6.07, 6.45) is 0. The van der Waals surface area contributed by atoms with Gasteiger partial charge >= 0.3 is 5.97 Å². The Bertz CT molecular complexity index is 304. The van der Waals surface area contributed by atoms with Gasteiger partial charge in [0.25, 0.3) is 0 Å². The number of hydrogen-bond acceptors (Lipinski definition) is 3. The van der Waals surface area contributed by atoms with Crippen LogP contribution in [-0.4, -0.2) is 17.7 Å². The molecule has 1 aromatic heterocycles. The largest absolute Gasteiger partial charge is 0.477 e. The Morgan fingerprint density at radius 1 is 1.57 bits per heavy atom. The molecule has 14 heavy (non-hydrogen) atoms. The van der Waals surface area contributed by atoms with E-state index in [0.717, 1.165) is 4.88 Å². The Morgan fingerprint density at radius 2 is 2.29 bits per heavy atom. The summed E-state index contributed by atoms with van der Waals surface area (Å²) in [5, 5.41) is 8.68. The lowest BCUT2D eigenvalue weighted by molar-refractivity contribution is 0.0702. The summed E-state index contributed by atoms with van der Waals surface area (Å²) in [5.74, 6) is -0.362. The Labute approximate surface area is 87.3 Å². The fourth-order valence-electron chi connectivity index (χ4n) is 0.966. The number of carbonyl (C=O) groups is 1. The molecule has 0 amide bonds. The second-order valence-corrected chi connectivity index (χ2v) is 4.65. The molecule has 0 unspecified atom stereocenters. The van der Waals surface area contributed by atoms with Gasteiger partial charge < -0.3 is 9.84 Å². The predicted octanol–water partition coefficient (Wildman–Crippen LogP) is 2.62. The number of ether oxygens (including phenoxy) is 1. The average Bonchev–Trinajstić information content (AvgIpc) is 2.52. The van der Waals surface area contributed by atoms with Crippen molar-refractivity contribution in [1.29, 1.82) is 0 Å². The van der Waals surface area contributed by atoms with Crippen molar-refractivity contribution in [2.45, 2.75) is 20.5 Å². The van der Waals surface area contributed by atoms with Crippen molar-refractivity contribution in [1.82, 2.24) is 0 Å². The van der Waals surface area contributed by atoms with E-state index in [-0.39, 0.29) is 0 Å². The molecule has 0 aliphatic heterocycles. The van der Waals surface area contributed by atoms with E-state index in [9.17, 15) is 4.79 Å². The second kappa shape index (κ2) is 5.12. The molecular formula is C10H14O3S. The predicted molar refractivity (Wildman–Crippen MR) is 55.8 cm³/mol. The van der Waals surface area contributed by atoms with Gasteiger partial charge in [-0.3, -0.25) is 0 Å². The van der Waals surface area contributed by atoms with Crippen LogP contribution in [0.5, 0.6) is 0 Å². The van der Waals surface area contributed by atoms with Gasteiger partial charge in [0, 0.05) is 11.5 Å². The van der Waals surface area contributed by atoms with E-state index in [1.165, 1.54) is 11.3 Å². The molecule has 1 N–H and O–H groups in total. The Morgan fingerprint density at radius 3 is 2.79 bits per heavy atom. The van der Waals surface area contributed by atoms with Gasteiger partial charge in [0.1, 0.15) is 4.88 Å². The zero-order valence-electron chi connectivity index (χ0n) is 8.32. The van der Waals surface area contributed by atoms with Crippen molar-refractivity contribution in [2.24, 2.45) is 5.92 Å². The molecule has 0 aliphatic carbocycles. The molecule has 1 heterocycles. The molecule has 4 heteroatoms. The van der Waals surface area contributed by atoms with E-state index in [1.54, 1.807) is 12.1 Å². The quantitative estimate of drug-likeness (QED) is 0.819. The van der Waals surface area contributed by atoms with Gasteiger partial charge in [0.15, 0.2) is 0 Å². The van der Waals surface area contributed by atoms with E-state index >= 15 is 0 Å². The number of thiophene rings is 1. The second-order valence-electron chi connectivity index (χ2n) is 3.48. The minimum atomic E-state index is -0.870. The smallest absolute Gasteiger partial charge is 0.345 e. The fraction of sp³-hybridized carbons (Fsp3) is 0.500. The molecule has 0 atom stereocenters. The number of carboxylic acids is 1. The third-order valence-corrected chi connectivity index (χ3v) is 2.61. The maximum atomic E-state index is 10.6. The molecule has 0 saturated heterocycles. The van der Waals surface area contributed by atoms with E-state index in [0.29, 0.717) is 24.0 Å². The van der Waals surface area contributed by atoms with Crippen LogP contribution in [0, 0.1) is 5.92 Å². The zero-order valence-corrected chi connectivity index (χ0v) is 9.13. The number of rotatable bonds is 5. The highest BCUT2D eigenvalue weighted by Crippen LogP contribution is 2.17. The van der Waals surface area contributed by atoms with Crippen LogP contribution in [0.3, 0.4) is 0 Å². The lowest BCUT2D eigenvalue weighted by Crippen LogP contribution is -2.00. The van der Waals surface area contributed by atoms with Gasteiger partial charge in [0.2, 0.25) is 0 Å². The van der Waals surface area contributed by atoms with Crippen LogP contribution in [0.25, 0.3) is 0 Å². The van der Waals surface area contributed by atoms with Crippen molar-refractivity contribution in [2.75, 3.05) is 6.61 Å². The average molecular weight is 214 g/mol. The first-order valence-electron chi connectivity index (χ1n) is 4.49. The van der Waals surface area contributed by atoms with Crippen LogP contribution in [0.2, 0.25) is 0 Å². The van der Waals surface area contributed by atoms with Crippen molar-refractivity contribution in [3.05, 3.63) is 21.9 Å². The first-order chi connectivity index (χ1) is 6.59. The van der Waals surface area contributed by atoms with Crippen LogP contribution >= 0.6 is 11.3 Å². The monoisotopic (exact) mass is 214 g/mol. The Hall–Kier alpha value is -0.870. The van der Waals surface area contributed by atoms with E-state index < -0.39 is 5.97 Å². The molecule has 1 rings (SSSR count). The molecule has 0 aliphatic rings. The van der Waals surface area contributed by atoms with E-state index in [2.05, 4.69) is 13.8 Å². The zero-order chi connectivity index (χ0) is 10.6. The lowest BCUT2D eigenvalue weighted by Gasteiger charge is -2.04. The van der Waals surface area contributed by atoms with Crippen molar-refractivity contribution < 1.29 is 14.6 Å². The molecule has 0 bridgehead atoms. The Balaban J connectivity index is 2.40. The molecule has 0 aromatic carbocycles. The standard InChI is InChI=1S/C10H14O3S/c1-7(2)5-13-6-8-3-4-9(14-8)10(11)12/h3-4,7H,5-6H2,1-2H3,(H,11,12). The third-order valence-electron chi connectivity index (χ3n) is 1.57. The molecule has 0 fully saturated rings. The number of hydrogen-bond donors (Lipinski definition) is 1. The lowest BCUT2D eigenvalue weighted by atomic mass is 10.2. The maximum Gasteiger partial charge on any atom is 0.345 e. The van der Waals surface area contributed by atoms with Crippen molar-refractivity contribution in [3.63, 3.8) is 0 Å². The summed E-state index contributed by atoms with van der Waals surface area (Å²) in [6, 6.07) is 3.41. The van der Waals surface area contributed by atoms with E-state index in [1.807, 2.05) is 0 Å². The van der Waals surface area contributed by atoms with E-state index in [4.69, 9.17) is 9.84 Å².